The number of quaternary nitrogens is 1. The molecule has 5 atom stereocenters. The van der Waals surface area contributed by atoms with Gasteiger partial charge in [-0.05, 0) is 36.2 Å². The van der Waals surface area contributed by atoms with Crippen molar-refractivity contribution in [1.29, 1.82) is 0 Å². The summed E-state index contributed by atoms with van der Waals surface area (Å²) in [7, 11) is 2.37. The van der Waals surface area contributed by atoms with Crippen molar-refractivity contribution >= 4 is 5.97 Å². The number of benzene rings is 2. The molecule has 5 nitrogen and oxygen atoms in total. The highest BCUT2D eigenvalue weighted by Crippen LogP contribution is 2.43. The average Bonchev–Trinajstić information content (AvgIpc) is 2.98. The number of ether oxygens (including phenoxy) is 2. The van der Waals surface area contributed by atoms with Crippen LogP contribution in [0.25, 0.3) is 0 Å². The zero-order valence-electron chi connectivity index (χ0n) is 20.4. The fourth-order valence-electron chi connectivity index (χ4n) is 5.71. The van der Waals surface area contributed by atoms with Crippen molar-refractivity contribution in [3.63, 3.8) is 0 Å². The SMILES string of the molecule is CCCCOc1ccc(C[N+]2(C)[C@@H]3CC[C@H]2C[C@@H](OC(=O)[C@H](CO)c2ccccc2)C3)cc1.[Br-]. The molecule has 1 N–H and O–H groups in total. The lowest BCUT2D eigenvalue weighted by Gasteiger charge is -2.47. The molecular formula is C28H38BrNO4. The molecular weight excluding hydrogens is 494 g/mol. The van der Waals surface area contributed by atoms with E-state index in [0.29, 0.717) is 12.1 Å². The third-order valence-electron chi connectivity index (χ3n) is 7.74. The molecule has 2 saturated heterocycles. The lowest BCUT2D eigenvalue weighted by Crippen LogP contribution is -3.00. The van der Waals surface area contributed by atoms with Crippen LogP contribution in [0, 0.1) is 0 Å². The summed E-state index contributed by atoms with van der Waals surface area (Å²) in [5.74, 6) is 0.0351. The van der Waals surface area contributed by atoms with Gasteiger partial charge in [-0.1, -0.05) is 43.7 Å². The monoisotopic (exact) mass is 531 g/mol. The molecule has 2 heterocycles. The van der Waals surface area contributed by atoms with E-state index in [-0.39, 0.29) is 35.7 Å². The summed E-state index contributed by atoms with van der Waals surface area (Å²) in [5.41, 5.74) is 2.14. The number of hydrogen-bond donors (Lipinski definition) is 1. The van der Waals surface area contributed by atoms with Crippen molar-refractivity contribution in [3.05, 3.63) is 65.7 Å². The highest BCUT2D eigenvalue weighted by atomic mass is 79.9. The fraction of sp³-hybridized carbons (Fsp3) is 0.536. The maximum atomic E-state index is 12.9. The Hall–Kier alpha value is -1.89. The lowest BCUT2D eigenvalue weighted by atomic mass is 9.95. The molecule has 2 aliphatic heterocycles. The van der Waals surface area contributed by atoms with Crippen molar-refractivity contribution in [2.75, 3.05) is 20.3 Å². The standard InChI is InChI=1S/C28H38NO4.BrH/c1-3-4-16-32-25-14-10-21(11-15-25)19-29(2)23-12-13-24(29)18-26(17-23)33-28(31)27(20-30)22-8-6-5-7-9-22;/h5-11,14-15,23-24,26-27,30H,3-4,12-13,16-20H2,1-2H3;1H/q+1;/p-1/t23-,24+,26+,27-,29?;/m1./s1. The molecule has 2 fully saturated rings. The summed E-state index contributed by atoms with van der Waals surface area (Å²) < 4.78 is 12.8. The van der Waals surface area contributed by atoms with Gasteiger partial charge in [-0.15, -0.1) is 0 Å². The molecule has 2 aliphatic rings. The summed E-state index contributed by atoms with van der Waals surface area (Å²) in [6.07, 6.45) is 6.29. The largest absolute Gasteiger partial charge is 1.00 e. The number of aliphatic hydroxyl groups excluding tert-OH is 1. The molecule has 0 radical (unpaired) electrons. The van der Waals surface area contributed by atoms with Crippen LogP contribution in [0.2, 0.25) is 0 Å². The Bertz CT molecular complexity index is 890. The highest BCUT2D eigenvalue weighted by Gasteiger charge is 2.52. The Morgan fingerprint density at radius 1 is 1.06 bits per heavy atom. The van der Waals surface area contributed by atoms with E-state index < -0.39 is 5.92 Å². The van der Waals surface area contributed by atoms with Gasteiger partial charge in [-0.2, -0.15) is 0 Å². The maximum absolute atomic E-state index is 12.9. The number of carbonyl (C=O) groups is 1. The van der Waals surface area contributed by atoms with Crippen molar-refractivity contribution in [1.82, 2.24) is 0 Å². The quantitative estimate of drug-likeness (QED) is 0.288. The Labute approximate surface area is 214 Å². The van der Waals surface area contributed by atoms with E-state index in [1.807, 2.05) is 30.3 Å². The molecule has 186 valence electrons. The molecule has 2 bridgehead atoms. The number of carbonyl (C=O) groups excluding carboxylic acids is 1. The number of rotatable bonds is 10. The number of unbranched alkanes of at least 4 members (excludes halogenated alkanes) is 1. The minimum Gasteiger partial charge on any atom is -1.00 e. The van der Waals surface area contributed by atoms with Crippen molar-refractivity contribution in [2.24, 2.45) is 0 Å². The molecule has 1 unspecified atom stereocenters. The summed E-state index contributed by atoms with van der Waals surface area (Å²) in [6.45, 7) is 3.71. The molecule has 0 amide bonds. The van der Waals surface area contributed by atoms with Crippen LogP contribution >= 0.6 is 0 Å². The fourth-order valence-corrected chi connectivity index (χ4v) is 5.71. The number of fused-ring (bicyclic) bond motifs is 2. The zero-order valence-corrected chi connectivity index (χ0v) is 22.0. The zero-order chi connectivity index (χ0) is 23.3. The van der Waals surface area contributed by atoms with Gasteiger partial charge in [-0.3, -0.25) is 4.79 Å². The second-order valence-corrected chi connectivity index (χ2v) is 9.91. The molecule has 2 aromatic carbocycles. The molecule has 6 heteroatoms. The van der Waals surface area contributed by atoms with Gasteiger partial charge in [0.05, 0.1) is 32.3 Å². The van der Waals surface area contributed by atoms with Gasteiger partial charge >= 0.3 is 5.97 Å². The van der Waals surface area contributed by atoms with E-state index in [1.165, 1.54) is 18.4 Å². The summed E-state index contributed by atoms with van der Waals surface area (Å²) in [4.78, 5) is 12.9. The predicted molar refractivity (Wildman–Crippen MR) is 129 cm³/mol. The number of esters is 1. The van der Waals surface area contributed by atoms with E-state index in [9.17, 15) is 9.90 Å². The average molecular weight is 533 g/mol. The van der Waals surface area contributed by atoms with Gasteiger partial charge in [0, 0.05) is 31.2 Å². The van der Waals surface area contributed by atoms with Crippen LogP contribution in [0.5, 0.6) is 5.75 Å². The minimum atomic E-state index is -0.607. The van der Waals surface area contributed by atoms with E-state index in [4.69, 9.17) is 9.47 Å². The van der Waals surface area contributed by atoms with Crippen molar-refractivity contribution in [3.8, 4) is 5.75 Å². The van der Waals surface area contributed by atoms with Gasteiger partial charge in [0.1, 0.15) is 24.3 Å². The van der Waals surface area contributed by atoms with Gasteiger partial charge in [0.15, 0.2) is 0 Å². The Morgan fingerprint density at radius 3 is 2.29 bits per heavy atom. The third kappa shape index (κ3) is 6.02. The van der Waals surface area contributed by atoms with Crippen molar-refractivity contribution < 1.29 is 40.8 Å². The van der Waals surface area contributed by atoms with Crippen LogP contribution in [0.4, 0.5) is 0 Å². The van der Waals surface area contributed by atoms with E-state index in [0.717, 1.165) is 54.6 Å². The lowest BCUT2D eigenvalue weighted by molar-refractivity contribution is -0.961. The van der Waals surface area contributed by atoms with E-state index in [2.05, 4.69) is 38.2 Å². The van der Waals surface area contributed by atoms with Gasteiger partial charge in [0.25, 0.3) is 0 Å². The summed E-state index contributed by atoms with van der Waals surface area (Å²) >= 11 is 0. The Morgan fingerprint density at radius 2 is 1.71 bits per heavy atom. The smallest absolute Gasteiger partial charge is 0.316 e. The molecule has 4 rings (SSSR count). The number of piperidine rings is 1. The van der Waals surface area contributed by atoms with Crippen LogP contribution in [-0.2, 0) is 16.1 Å². The first-order chi connectivity index (χ1) is 16.0. The topological polar surface area (TPSA) is 55.8 Å². The molecule has 0 spiro atoms. The van der Waals surface area contributed by atoms with Crippen LogP contribution in [0.15, 0.2) is 54.6 Å². The molecule has 2 aromatic rings. The van der Waals surface area contributed by atoms with Crippen LogP contribution < -0.4 is 21.7 Å². The van der Waals surface area contributed by atoms with E-state index >= 15 is 0 Å². The first-order valence-corrected chi connectivity index (χ1v) is 12.5. The van der Waals surface area contributed by atoms with Gasteiger partial charge < -0.3 is 36.0 Å². The number of nitrogens with zero attached hydrogens (tertiary/aromatic N) is 1. The van der Waals surface area contributed by atoms with E-state index in [1.54, 1.807) is 0 Å². The number of halogens is 1. The Balaban J connectivity index is 0.00000324. The molecule has 0 aliphatic carbocycles. The van der Waals surface area contributed by atoms with Crippen molar-refractivity contribution in [2.45, 2.75) is 76.1 Å². The highest BCUT2D eigenvalue weighted by molar-refractivity contribution is 5.78. The third-order valence-corrected chi connectivity index (χ3v) is 7.74. The minimum absolute atomic E-state index is 0. The number of hydrogen-bond acceptors (Lipinski definition) is 4. The normalized spacial score (nSPS) is 26.4. The number of aliphatic hydroxyl groups is 1. The molecule has 0 saturated carbocycles. The molecule has 34 heavy (non-hydrogen) atoms. The molecule has 0 aromatic heterocycles. The summed E-state index contributed by atoms with van der Waals surface area (Å²) in [6, 6.07) is 19.0. The second-order valence-electron chi connectivity index (χ2n) is 9.91. The van der Waals surface area contributed by atoms with Gasteiger partial charge in [0.2, 0.25) is 0 Å². The first kappa shape index (κ1) is 26.7. The van der Waals surface area contributed by atoms with Crippen LogP contribution in [-0.4, -0.2) is 54.0 Å². The van der Waals surface area contributed by atoms with Crippen LogP contribution in [0.3, 0.4) is 0 Å². The van der Waals surface area contributed by atoms with Crippen LogP contribution in [0.1, 0.15) is 62.5 Å². The second kappa shape index (κ2) is 12.2. The maximum Gasteiger partial charge on any atom is 0.316 e. The predicted octanol–water partition coefficient (Wildman–Crippen LogP) is 1.83. The first-order valence-electron chi connectivity index (χ1n) is 12.5. The summed E-state index contributed by atoms with van der Waals surface area (Å²) in [5, 5.41) is 9.81. The Kier molecular flexibility index (Phi) is 9.57. The van der Waals surface area contributed by atoms with Gasteiger partial charge in [-0.25, -0.2) is 0 Å².